The molecule has 1 atom stereocenters. The molecule has 1 fully saturated rings. The van der Waals surface area contributed by atoms with Gasteiger partial charge in [0.1, 0.15) is 0 Å². The molecule has 3 heteroatoms. The Labute approximate surface area is 123 Å². The van der Waals surface area contributed by atoms with Gasteiger partial charge in [-0.15, -0.1) is 0 Å². The quantitative estimate of drug-likeness (QED) is 0.864. The Kier molecular flexibility index (Phi) is 5.58. The SMILES string of the molecule is COC(C)(C)CNC1CCCN(Cc2ccccc2)C1. The average Bonchev–Trinajstić information content (AvgIpc) is 2.47. The number of nitrogens with one attached hydrogen (secondary N) is 1. The highest BCUT2D eigenvalue weighted by atomic mass is 16.5. The fourth-order valence-corrected chi connectivity index (χ4v) is 2.67. The van der Waals surface area contributed by atoms with Gasteiger partial charge < -0.3 is 10.1 Å². The van der Waals surface area contributed by atoms with Crippen LogP contribution in [0.4, 0.5) is 0 Å². The van der Waals surface area contributed by atoms with Crippen molar-refractivity contribution in [1.29, 1.82) is 0 Å². The number of piperidine rings is 1. The first-order chi connectivity index (χ1) is 9.59. The van der Waals surface area contributed by atoms with Gasteiger partial charge in [-0.2, -0.15) is 0 Å². The minimum atomic E-state index is -0.0816. The third-order valence-corrected chi connectivity index (χ3v) is 4.12. The van der Waals surface area contributed by atoms with Gasteiger partial charge in [0, 0.05) is 32.8 Å². The Morgan fingerprint density at radius 2 is 2.05 bits per heavy atom. The predicted octanol–water partition coefficient (Wildman–Crippen LogP) is 2.67. The molecule has 1 aliphatic heterocycles. The molecule has 3 nitrogen and oxygen atoms in total. The van der Waals surface area contributed by atoms with Gasteiger partial charge in [-0.1, -0.05) is 30.3 Å². The van der Waals surface area contributed by atoms with Crippen molar-refractivity contribution in [2.45, 2.75) is 44.9 Å². The van der Waals surface area contributed by atoms with Crippen LogP contribution in [0.2, 0.25) is 0 Å². The summed E-state index contributed by atoms with van der Waals surface area (Å²) in [4.78, 5) is 2.55. The zero-order valence-electron chi connectivity index (χ0n) is 13.1. The van der Waals surface area contributed by atoms with Crippen LogP contribution < -0.4 is 5.32 Å². The average molecular weight is 276 g/mol. The van der Waals surface area contributed by atoms with Crippen LogP contribution in [0.25, 0.3) is 0 Å². The van der Waals surface area contributed by atoms with Crippen molar-refractivity contribution in [3.63, 3.8) is 0 Å². The zero-order valence-corrected chi connectivity index (χ0v) is 13.1. The molecule has 1 aromatic rings. The first-order valence-electron chi connectivity index (χ1n) is 7.64. The maximum atomic E-state index is 5.48. The molecule has 1 saturated heterocycles. The molecule has 0 aliphatic carbocycles. The van der Waals surface area contributed by atoms with E-state index >= 15 is 0 Å². The van der Waals surface area contributed by atoms with E-state index in [1.54, 1.807) is 7.11 Å². The maximum absolute atomic E-state index is 5.48. The van der Waals surface area contributed by atoms with Crippen molar-refractivity contribution in [1.82, 2.24) is 10.2 Å². The number of ether oxygens (including phenoxy) is 1. The molecule has 0 radical (unpaired) electrons. The molecule has 1 unspecified atom stereocenters. The molecule has 1 aromatic carbocycles. The van der Waals surface area contributed by atoms with Gasteiger partial charge in [0.15, 0.2) is 0 Å². The number of rotatable bonds is 6. The van der Waals surface area contributed by atoms with Crippen LogP contribution >= 0.6 is 0 Å². The summed E-state index contributed by atoms with van der Waals surface area (Å²) in [6.07, 6.45) is 2.54. The summed E-state index contributed by atoms with van der Waals surface area (Å²) in [5, 5.41) is 3.66. The highest BCUT2D eigenvalue weighted by molar-refractivity contribution is 5.14. The van der Waals surface area contributed by atoms with Crippen molar-refractivity contribution in [3.05, 3.63) is 35.9 Å². The number of hydrogen-bond acceptors (Lipinski definition) is 3. The lowest BCUT2D eigenvalue weighted by atomic mass is 10.0. The monoisotopic (exact) mass is 276 g/mol. The molecule has 0 spiro atoms. The molecular formula is C17H28N2O. The molecule has 1 N–H and O–H groups in total. The van der Waals surface area contributed by atoms with Crippen molar-refractivity contribution >= 4 is 0 Å². The minimum absolute atomic E-state index is 0.0816. The van der Waals surface area contributed by atoms with Crippen molar-refractivity contribution in [2.75, 3.05) is 26.7 Å². The summed E-state index contributed by atoms with van der Waals surface area (Å²) in [6.45, 7) is 8.57. The predicted molar refractivity (Wildman–Crippen MR) is 83.8 cm³/mol. The van der Waals surface area contributed by atoms with Crippen LogP contribution in [0.3, 0.4) is 0 Å². The van der Waals surface area contributed by atoms with Crippen molar-refractivity contribution in [3.8, 4) is 0 Å². The summed E-state index contributed by atoms with van der Waals surface area (Å²) >= 11 is 0. The summed E-state index contributed by atoms with van der Waals surface area (Å²) in [6, 6.07) is 11.3. The number of methoxy groups -OCH3 is 1. The zero-order chi connectivity index (χ0) is 14.4. The van der Waals surface area contributed by atoms with Crippen LogP contribution in [0.1, 0.15) is 32.3 Å². The van der Waals surface area contributed by atoms with Crippen LogP contribution in [-0.2, 0) is 11.3 Å². The van der Waals surface area contributed by atoms with E-state index in [1.165, 1.54) is 24.9 Å². The normalized spacial score (nSPS) is 21.1. The van der Waals surface area contributed by atoms with E-state index in [0.717, 1.165) is 19.6 Å². The molecule has 1 heterocycles. The number of hydrogen-bond donors (Lipinski definition) is 1. The standard InChI is InChI=1S/C17H28N2O/c1-17(2,20-3)14-18-16-10-7-11-19(13-16)12-15-8-5-4-6-9-15/h4-6,8-9,16,18H,7,10-14H2,1-3H3. The largest absolute Gasteiger partial charge is 0.377 e. The van der Waals surface area contributed by atoms with Crippen LogP contribution in [0.15, 0.2) is 30.3 Å². The van der Waals surface area contributed by atoms with E-state index in [4.69, 9.17) is 4.74 Å². The van der Waals surface area contributed by atoms with E-state index in [1.807, 2.05) is 0 Å². The molecule has 0 saturated carbocycles. The van der Waals surface area contributed by atoms with E-state index in [-0.39, 0.29) is 5.60 Å². The van der Waals surface area contributed by atoms with Crippen molar-refractivity contribution < 1.29 is 4.74 Å². The fraction of sp³-hybridized carbons (Fsp3) is 0.647. The molecule has 0 amide bonds. The number of benzene rings is 1. The Hall–Kier alpha value is -0.900. The second-order valence-corrected chi connectivity index (χ2v) is 6.40. The molecule has 0 bridgehead atoms. The van der Waals surface area contributed by atoms with Crippen LogP contribution in [0.5, 0.6) is 0 Å². The topological polar surface area (TPSA) is 24.5 Å². The number of nitrogens with zero attached hydrogens (tertiary/aromatic N) is 1. The lowest BCUT2D eigenvalue weighted by Crippen LogP contribution is -2.49. The highest BCUT2D eigenvalue weighted by Crippen LogP contribution is 2.15. The van der Waals surface area contributed by atoms with E-state index in [2.05, 4.69) is 54.4 Å². The lowest BCUT2D eigenvalue weighted by Gasteiger charge is -2.35. The van der Waals surface area contributed by atoms with Crippen molar-refractivity contribution in [2.24, 2.45) is 0 Å². The summed E-state index contributed by atoms with van der Waals surface area (Å²) < 4.78 is 5.48. The van der Waals surface area contributed by atoms with E-state index < -0.39 is 0 Å². The second-order valence-electron chi connectivity index (χ2n) is 6.40. The van der Waals surface area contributed by atoms with Crippen LogP contribution in [0, 0.1) is 0 Å². The second kappa shape index (κ2) is 7.21. The van der Waals surface area contributed by atoms with E-state index in [0.29, 0.717) is 6.04 Å². The smallest absolute Gasteiger partial charge is 0.0746 e. The molecule has 20 heavy (non-hydrogen) atoms. The van der Waals surface area contributed by atoms with Gasteiger partial charge in [-0.3, -0.25) is 4.90 Å². The molecular weight excluding hydrogens is 248 g/mol. The third-order valence-electron chi connectivity index (χ3n) is 4.12. The maximum Gasteiger partial charge on any atom is 0.0746 e. The van der Waals surface area contributed by atoms with Gasteiger partial charge in [-0.05, 0) is 38.8 Å². The summed E-state index contributed by atoms with van der Waals surface area (Å²) in [7, 11) is 1.78. The van der Waals surface area contributed by atoms with E-state index in [9.17, 15) is 0 Å². The third kappa shape index (κ3) is 4.89. The Balaban J connectivity index is 1.80. The van der Waals surface area contributed by atoms with Gasteiger partial charge in [0.25, 0.3) is 0 Å². The first-order valence-corrected chi connectivity index (χ1v) is 7.64. The van der Waals surface area contributed by atoms with Crippen LogP contribution in [-0.4, -0.2) is 43.3 Å². The Bertz CT molecular complexity index is 391. The first kappa shape index (κ1) is 15.5. The Morgan fingerprint density at radius 3 is 2.75 bits per heavy atom. The summed E-state index contributed by atoms with van der Waals surface area (Å²) in [5.41, 5.74) is 1.33. The van der Waals surface area contributed by atoms with Gasteiger partial charge in [-0.25, -0.2) is 0 Å². The molecule has 2 rings (SSSR count). The summed E-state index contributed by atoms with van der Waals surface area (Å²) in [5.74, 6) is 0. The molecule has 112 valence electrons. The Morgan fingerprint density at radius 1 is 1.30 bits per heavy atom. The number of likely N-dealkylation sites (tertiary alicyclic amines) is 1. The lowest BCUT2D eigenvalue weighted by molar-refractivity contribution is 0.0182. The fourth-order valence-electron chi connectivity index (χ4n) is 2.67. The molecule has 0 aromatic heterocycles. The van der Waals surface area contributed by atoms with Gasteiger partial charge >= 0.3 is 0 Å². The minimum Gasteiger partial charge on any atom is -0.377 e. The molecule has 1 aliphatic rings. The van der Waals surface area contributed by atoms with Gasteiger partial charge in [0.2, 0.25) is 0 Å². The van der Waals surface area contributed by atoms with Gasteiger partial charge in [0.05, 0.1) is 5.60 Å². The highest BCUT2D eigenvalue weighted by Gasteiger charge is 2.23.